The Morgan fingerprint density at radius 2 is 2.05 bits per heavy atom. The minimum atomic E-state index is -0.499. The number of halogens is 3. The topological polar surface area (TPSA) is 49.3 Å². The van der Waals surface area contributed by atoms with Crippen LogP contribution >= 0.6 is 27.5 Å². The molecule has 0 radical (unpaired) electrons. The summed E-state index contributed by atoms with van der Waals surface area (Å²) >= 11 is 9.06. The van der Waals surface area contributed by atoms with E-state index in [-0.39, 0.29) is 10.8 Å². The van der Waals surface area contributed by atoms with Crippen LogP contribution in [0.1, 0.15) is 15.9 Å². The van der Waals surface area contributed by atoms with E-state index < -0.39 is 11.7 Å². The van der Waals surface area contributed by atoms with Crippen molar-refractivity contribution in [2.24, 2.45) is 0 Å². The minimum Gasteiger partial charge on any atom is -0.508 e. The number of hydrogen-bond acceptors (Lipinski definition) is 2. The van der Waals surface area contributed by atoms with Gasteiger partial charge in [0.25, 0.3) is 5.91 Å². The summed E-state index contributed by atoms with van der Waals surface area (Å²) in [5.41, 5.74) is 1.32. The van der Waals surface area contributed by atoms with E-state index in [1.54, 1.807) is 6.92 Å². The predicted molar refractivity (Wildman–Crippen MR) is 79.9 cm³/mol. The lowest BCUT2D eigenvalue weighted by atomic mass is 10.1. The van der Waals surface area contributed by atoms with Crippen molar-refractivity contribution < 1.29 is 14.3 Å². The van der Waals surface area contributed by atoms with Gasteiger partial charge in [0.05, 0.1) is 10.7 Å². The van der Waals surface area contributed by atoms with Crippen molar-refractivity contribution in [3.8, 4) is 5.75 Å². The van der Waals surface area contributed by atoms with Crippen molar-refractivity contribution in [1.29, 1.82) is 0 Å². The van der Waals surface area contributed by atoms with Crippen LogP contribution in [0, 0.1) is 12.7 Å². The van der Waals surface area contributed by atoms with E-state index >= 15 is 0 Å². The molecule has 104 valence electrons. The lowest BCUT2D eigenvalue weighted by molar-refractivity contribution is 0.102. The molecule has 3 nitrogen and oxygen atoms in total. The fourth-order valence-corrected chi connectivity index (χ4v) is 2.64. The van der Waals surface area contributed by atoms with Crippen LogP contribution < -0.4 is 5.32 Å². The van der Waals surface area contributed by atoms with Gasteiger partial charge in [-0.25, -0.2) is 4.39 Å². The highest BCUT2D eigenvalue weighted by atomic mass is 79.9. The zero-order valence-electron chi connectivity index (χ0n) is 10.4. The molecule has 2 rings (SSSR count). The summed E-state index contributed by atoms with van der Waals surface area (Å²) in [4.78, 5) is 12.2. The summed E-state index contributed by atoms with van der Waals surface area (Å²) in [5.74, 6) is -0.808. The van der Waals surface area contributed by atoms with Crippen LogP contribution in [0.5, 0.6) is 5.75 Å². The van der Waals surface area contributed by atoms with E-state index in [0.717, 1.165) is 6.07 Å². The van der Waals surface area contributed by atoms with E-state index in [9.17, 15) is 14.3 Å². The van der Waals surface area contributed by atoms with Crippen LogP contribution in [-0.2, 0) is 0 Å². The molecule has 0 spiro atoms. The van der Waals surface area contributed by atoms with Crippen LogP contribution in [0.15, 0.2) is 34.8 Å². The molecule has 1 amide bonds. The van der Waals surface area contributed by atoms with Gasteiger partial charge in [-0.1, -0.05) is 11.6 Å². The van der Waals surface area contributed by atoms with Crippen molar-refractivity contribution in [3.63, 3.8) is 0 Å². The molecule has 2 aromatic rings. The second-order valence-electron chi connectivity index (χ2n) is 4.20. The zero-order chi connectivity index (χ0) is 14.9. The van der Waals surface area contributed by atoms with Gasteiger partial charge >= 0.3 is 0 Å². The Hall–Kier alpha value is -1.59. The van der Waals surface area contributed by atoms with Crippen LogP contribution in [-0.4, -0.2) is 11.0 Å². The lowest BCUT2D eigenvalue weighted by Crippen LogP contribution is -2.14. The smallest absolute Gasteiger partial charge is 0.256 e. The number of anilines is 1. The lowest BCUT2D eigenvalue weighted by Gasteiger charge is -2.11. The molecule has 0 saturated heterocycles. The molecule has 6 heteroatoms. The molecule has 0 heterocycles. The maximum Gasteiger partial charge on any atom is 0.256 e. The van der Waals surface area contributed by atoms with Crippen LogP contribution in [0.3, 0.4) is 0 Å². The molecule has 2 aromatic carbocycles. The molecule has 0 saturated carbocycles. The van der Waals surface area contributed by atoms with Crippen LogP contribution in [0.4, 0.5) is 10.1 Å². The third-order valence-electron chi connectivity index (χ3n) is 2.70. The number of carbonyl (C=O) groups is 1. The van der Waals surface area contributed by atoms with Crippen LogP contribution in [0.25, 0.3) is 0 Å². The predicted octanol–water partition coefficient (Wildman–Crippen LogP) is 4.51. The number of phenolic OH excluding ortho intramolecular Hbond substituents is 1. The number of phenols is 1. The Kier molecular flexibility index (Phi) is 4.30. The molecule has 0 aliphatic heterocycles. The van der Waals surface area contributed by atoms with Gasteiger partial charge in [-0.15, -0.1) is 0 Å². The largest absolute Gasteiger partial charge is 0.508 e. The third-order valence-corrected chi connectivity index (χ3v) is 3.62. The number of hydrogen-bond donors (Lipinski definition) is 2. The molecular formula is C14H10BrClFNO2. The summed E-state index contributed by atoms with van der Waals surface area (Å²) < 4.78 is 13.5. The fourth-order valence-electron chi connectivity index (χ4n) is 1.75. The standard InChI is InChI=1S/C14H10BrClFNO2/c1-7-4-9(19)2-3-10(7)14(20)18-13-11(15)5-8(17)6-12(13)16/h2-6,19H,1H3,(H,18,20). The molecule has 20 heavy (non-hydrogen) atoms. The Morgan fingerprint density at radius 1 is 1.35 bits per heavy atom. The first-order chi connectivity index (χ1) is 9.38. The maximum atomic E-state index is 13.1. The van der Waals surface area contributed by atoms with Gasteiger partial charge in [-0.2, -0.15) is 0 Å². The number of benzene rings is 2. The van der Waals surface area contributed by atoms with Gasteiger partial charge in [0.2, 0.25) is 0 Å². The number of aromatic hydroxyl groups is 1. The van der Waals surface area contributed by atoms with Gasteiger partial charge in [0.15, 0.2) is 0 Å². The van der Waals surface area contributed by atoms with Gasteiger partial charge in [-0.05, 0) is 58.7 Å². The number of carbonyl (C=O) groups excluding carboxylic acids is 1. The first kappa shape index (κ1) is 14.8. The van der Waals surface area contributed by atoms with Crippen molar-refractivity contribution in [2.45, 2.75) is 6.92 Å². The third kappa shape index (κ3) is 3.11. The second-order valence-corrected chi connectivity index (χ2v) is 5.46. The summed E-state index contributed by atoms with van der Waals surface area (Å²) in [6, 6.07) is 6.74. The Morgan fingerprint density at radius 3 is 2.65 bits per heavy atom. The molecule has 0 unspecified atom stereocenters. The highest BCUT2D eigenvalue weighted by Crippen LogP contribution is 2.32. The summed E-state index contributed by atoms with van der Waals surface area (Å²) in [7, 11) is 0. The molecule has 2 N–H and O–H groups in total. The Bertz CT molecular complexity index is 668. The molecule has 0 bridgehead atoms. The van der Waals surface area contributed by atoms with E-state index in [2.05, 4.69) is 21.2 Å². The minimum absolute atomic E-state index is 0.0834. The summed E-state index contributed by atoms with van der Waals surface area (Å²) in [6.07, 6.45) is 0. The monoisotopic (exact) mass is 357 g/mol. The highest BCUT2D eigenvalue weighted by Gasteiger charge is 2.14. The molecule has 0 aliphatic rings. The van der Waals surface area contributed by atoms with Crippen molar-refractivity contribution in [1.82, 2.24) is 0 Å². The SMILES string of the molecule is Cc1cc(O)ccc1C(=O)Nc1c(Cl)cc(F)cc1Br. The van der Waals surface area contributed by atoms with Crippen molar-refractivity contribution in [3.05, 3.63) is 56.8 Å². The van der Waals surface area contributed by atoms with E-state index in [1.807, 2.05) is 0 Å². The average molecular weight is 359 g/mol. The molecule has 0 fully saturated rings. The number of rotatable bonds is 2. The second kappa shape index (κ2) is 5.81. The summed E-state index contributed by atoms with van der Waals surface area (Å²) in [6.45, 7) is 1.70. The molecular weight excluding hydrogens is 349 g/mol. The number of aryl methyl sites for hydroxylation is 1. The fraction of sp³-hybridized carbons (Fsp3) is 0.0714. The Labute approximate surface area is 128 Å². The zero-order valence-corrected chi connectivity index (χ0v) is 12.7. The van der Waals surface area contributed by atoms with Gasteiger partial charge in [0, 0.05) is 10.0 Å². The Balaban J connectivity index is 2.33. The van der Waals surface area contributed by atoms with Crippen LogP contribution in [0.2, 0.25) is 5.02 Å². The van der Waals surface area contributed by atoms with Gasteiger partial charge in [-0.3, -0.25) is 4.79 Å². The maximum absolute atomic E-state index is 13.1. The first-order valence-electron chi connectivity index (χ1n) is 5.64. The normalized spacial score (nSPS) is 10.4. The van der Waals surface area contributed by atoms with E-state index in [1.165, 1.54) is 24.3 Å². The first-order valence-corrected chi connectivity index (χ1v) is 6.81. The van der Waals surface area contributed by atoms with Gasteiger partial charge < -0.3 is 10.4 Å². The molecule has 0 atom stereocenters. The van der Waals surface area contributed by atoms with E-state index in [0.29, 0.717) is 21.3 Å². The van der Waals surface area contributed by atoms with E-state index in [4.69, 9.17) is 11.6 Å². The number of nitrogens with one attached hydrogen (secondary N) is 1. The van der Waals surface area contributed by atoms with Gasteiger partial charge in [0.1, 0.15) is 11.6 Å². The average Bonchev–Trinajstić information content (AvgIpc) is 2.33. The quantitative estimate of drug-likeness (QED) is 0.830. The van der Waals surface area contributed by atoms with Crippen molar-refractivity contribution in [2.75, 3.05) is 5.32 Å². The molecule has 0 aromatic heterocycles. The van der Waals surface area contributed by atoms with Crippen molar-refractivity contribution >= 4 is 39.1 Å². The highest BCUT2D eigenvalue weighted by molar-refractivity contribution is 9.10. The summed E-state index contributed by atoms with van der Waals surface area (Å²) in [5, 5.41) is 12.0. The molecule has 0 aliphatic carbocycles. The number of amides is 1.